The Labute approximate surface area is 248 Å². The van der Waals surface area contributed by atoms with Gasteiger partial charge in [0.2, 0.25) is 0 Å². The van der Waals surface area contributed by atoms with Crippen LogP contribution in [0.4, 0.5) is 11.4 Å². The summed E-state index contributed by atoms with van der Waals surface area (Å²) in [5.74, 6) is 1.95. The summed E-state index contributed by atoms with van der Waals surface area (Å²) < 4.78 is 0. The average molecular weight is 571 g/mol. The summed E-state index contributed by atoms with van der Waals surface area (Å²) in [4.78, 5) is 7.13. The van der Waals surface area contributed by atoms with Crippen LogP contribution in [0.3, 0.4) is 0 Å². The number of nitrogens with one attached hydrogen (secondary N) is 2. The maximum Gasteiger partial charge on any atom is 0.0543 e. The Kier molecular flexibility index (Phi) is 13.5. The van der Waals surface area contributed by atoms with E-state index in [1.165, 1.54) is 33.6 Å². The Morgan fingerprint density at radius 1 is 0.590 bits per heavy atom. The fraction of sp³-hybridized carbons (Fsp3) is 0.500. The van der Waals surface area contributed by atoms with Crippen LogP contribution in [-0.2, 0) is 23.6 Å². The normalized spacial score (nSPS) is 11.5. The second kappa shape index (κ2) is 16.1. The predicted octanol–water partition coefficient (Wildman–Crippen LogP) is 8.60. The quantitative estimate of drug-likeness (QED) is 0.191. The molecule has 0 saturated heterocycles. The Morgan fingerprint density at radius 2 is 1.00 bits per heavy atom. The van der Waals surface area contributed by atoms with Crippen molar-refractivity contribution in [2.45, 2.75) is 85.6 Å². The van der Waals surface area contributed by atoms with Gasteiger partial charge in [0, 0.05) is 67.4 Å². The minimum absolute atomic E-state index is 0. The standard InChI is InChI=1S/C34H50N4.Fe/c1-24(2)29-14-11-15-30(25(3)4)33(29)36-19-21-38(23-28-13-9-10-18-35-28)22-20-37-34-31(26(5)6)16-12-17-32(34)27(7)8;/h9-18,24-27,36-37H,19-23H2,1-8H3;. The molecule has 5 heteroatoms. The number of hydrogen-bond donors (Lipinski definition) is 2. The molecule has 3 rings (SSSR count). The van der Waals surface area contributed by atoms with E-state index in [4.69, 9.17) is 0 Å². The number of rotatable bonds is 14. The Balaban J connectivity index is 0.00000533. The second-order valence-corrected chi connectivity index (χ2v) is 11.7. The monoisotopic (exact) mass is 570 g/mol. The molecule has 0 aliphatic carbocycles. The zero-order valence-electron chi connectivity index (χ0n) is 25.4. The first-order valence-electron chi connectivity index (χ1n) is 14.5. The molecule has 0 atom stereocenters. The Morgan fingerprint density at radius 3 is 1.33 bits per heavy atom. The van der Waals surface area contributed by atoms with E-state index < -0.39 is 0 Å². The van der Waals surface area contributed by atoms with E-state index in [2.05, 4.69) is 124 Å². The fourth-order valence-electron chi connectivity index (χ4n) is 5.18. The third-order valence-electron chi connectivity index (χ3n) is 7.32. The van der Waals surface area contributed by atoms with Gasteiger partial charge in [0.25, 0.3) is 0 Å². The maximum atomic E-state index is 4.62. The van der Waals surface area contributed by atoms with Gasteiger partial charge in [-0.1, -0.05) is 97.9 Å². The molecular weight excluding hydrogens is 520 g/mol. The molecule has 0 radical (unpaired) electrons. The van der Waals surface area contributed by atoms with Crippen molar-refractivity contribution < 1.29 is 17.1 Å². The first-order valence-corrected chi connectivity index (χ1v) is 14.5. The number of para-hydroxylation sites is 2. The molecule has 0 saturated carbocycles. The molecule has 3 aromatic rings. The third-order valence-corrected chi connectivity index (χ3v) is 7.32. The van der Waals surface area contributed by atoms with Gasteiger partial charge in [-0.05, 0) is 58.1 Å². The first kappa shape index (κ1) is 32.9. The SMILES string of the molecule is CC(C)c1cccc(C(C)C)c1NCCN(CCNc1c(C(C)C)cccc1C(C)C)Cc1ccccn1.[Fe]. The number of aromatic nitrogens is 1. The summed E-state index contributed by atoms with van der Waals surface area (Å²) in [7, 11) is 0. The van der Waals surface area contributed by atoms with Crippen molar-refractivity contribution in [2.75, 3.05) is 36.8 Å². The van der Waals surface area contributed by atoms with Gasteiger partial charge < -0.3 is 10.6 Å². The van der Waals surface area contributed by atoms with Gasteiger partial charge in [-0.2, -0.15) is 0 Å². The molecule has 0 unspecified atom stereocenters. The molecule has 2 N–H and O–H groups in total. The summed E-state index contributed by atoms with van der Waals surface area (Å²) in [6.45, 7) is 22.8. The van der Waals surface area contributed by atoms with E-state index in [9.17, 15) is 0 Å². The van der Waals surface area contributed by atoms with Crippen molar-refractivity contribution in [3.63, 3.8) is 0 Å². The van der Waals surface area contributed by atoms with Crippen LogP contribution in [-0.4, -0.2) is 36.1 Å². The summed E-state index contributed by atoms with van der Waals surface area (Å²) >= 11 is 0. The van der Waals surface area contributed by atoms with Gasteiger partial charge >= 0.3 is 0 Å². The number of pyridine rings is 1. The van der Waals surface area contributed by atoms with Crippen LogP contribution in [0.5, 0.6) is 0 Å². The summed E-state index contributed by atoms with van der Waals surface area (Å²) in [6.07, 6.45) is 1.89. The van der Waals surface area contributed by atoms with E-state index in [0.29, 0.717) is 23.7 Å². The van der Waals surface area contributed by atoms with Crippen LogP contribution in [0.25, 0.3) is 0 Å². The molecule has 0 aliphatic heterocycles. The first-order chi connectivity index (χ1) is 18.2. The zero-order chi connectivity index (χ0) is 27.7. The number of anilines is 2. The van der Waals surface area contributed by atoms with Gasteiger partial charge in [-0.25, -0.2) is 0 Å². The Bertz CT molecular complexity index is 1000. The molecular formula is C34H50FeN4. The molecule has 4 nitrogen and oxygen atoms in total. The topological polar surface area (TPSA) is 40.2 Å². The molecule has 1 heterocycles. The smallest absolute Gasteiger partial charge is 0.0543 e. The minimum Gasteiger partial charge on any atom is -0.383 e. The summed E-state index contributed by atoms with van der Waals surface area (Å²) in [5.41, 5.74) is 9.37. The summed E-state index contributed by atoms with van der Waals surface area (Å²) in [6, 6.07) is 19.7. The van der Waals surface area contributed by atoms with Crippen molar-refractivity contribution in [3.05, 3.63) is 88.7 Å². The number of nitrogens with zero attached hydrogens (tertiary/aromatic N) is 2. The van der Waals surface area contributed by atoms with Gasteiger partial charge in [0.05, 0.1) is 5.69 Å². The van der Waals surface area contributed by atoms with E-state index >= 15 is 0 Å². The van der Waals surface area contributed by atoms with Gasteiger partial charge in [-0.15, -0.1) is 0 Å². The summed E-state index contributed by atoms with van der Waals surface area (Å²) in [5, 5.41) is 7.67. The van der Waals surface area contributed by atoms with Crippen molar-refractivity contribution in [3.8, 4) is 0 Å². The second-order valence-electron chi connectivity index (χ2n) is 11.7. The Hall–Kier alpha value is -2.33. The predicted molar refractivity (Wildman–Crippen MR) is 166 cm³/mol. The fourth-order valence-corrected chi connectivity index (χ4v) is 5.18. The molecule has 0 aliphatic rings. The molecule has 0 bridgehead atoms. The van der Waals surface area contributed by atoms with Crippen LogP contribution in [0, 0.1) is 0 Å². The average Bonchev–Trinajstić information content (AvgIpc) is 2.88. The van der Waals surface area contributed by atoms with Gasteiger partial charge in [0.15, 0.2) is 0 Å². The van der Waals surface area contributed by atoms with Gasteiger partial charge in [-0.3, -0.25) is 9.88 Å². The van der Waals surface area contributed by atoms with Crippen LogP contribution in [0.15, 0.2) is 60.8 Å². The van der Waals surface area contributed by atoms with Crippen LogP contribution < -0.4 is 10.6 Å². The zero-order valence-corrected chi connectivity index (χ0v) is 26.5. The van der Waals surface area contributed by atoms with Crippen molar-refractivity contribution in [2.24, 2.45) is 0 Å². The van der Waals surface area contributed by atoms with E-state index in [0.717, 1.165) is 38.4 Å². The minimum atomic E-state index is 0. The van der Waals surface area contributed by atoms with Gasteiger partial charge in [0.1, 0.15) is 0 Å². The molecule has 39 heavy (non-hydrogen) atoms. The molecule has 2 aromatic carbocycles. The van der Waals surface area contributed by atoms with Crippen LogP contribution >= 0.6 is 0 Å². The van der Waals surface area contributed by atoms with E-state index in [1.807, 2.05) is 12.3 Å². The molecule has 0 amide bonds. The van der Waals surface area contributed by atoms with Crippen LogP contribution in [0.2, 0.25) is 0 Å². The largest absolute Gasteiger partial charge is 0.383 e. The third kappa shape index (κ3) is 9.38. The van der Waals surface area contributed by atoms with Crippen molar-refractivity contribution in [1.82, 2.24) is 9.88 Å². The number of benzene rings is 2. The van der Waals surface area contributed by atoms with E-state index in [1.54, 1.807) is 0 Å². The molecule has 214 valence electrons. The molecule has 0 spiro atoms. The number of hydrogen-bond acceptors (Lipinski definition) is 4. The van der Waals surface area contributed by atoms with Crippen LogP contribution in [0.1, 0.15) is 107 Å². The maximum absolute atomic E-state index is 4.62. The molecule has 1 aromatic heterocycles. The van der Waals surface area contributed by atoms with E-state index in [-0.39, 0.29) is 17.1 Å². The van der Waals surface area contributed by atoms with Crippen molar-refractivity contribution >= 4 is 11.4 Å². The van der Waals surface area contributed by atoms with Crippen molar-refractivity contribution in [1.29, 1.82) is 0 Å². The molecule has 0 fully saturated rings.